The van der Waals surface area contributed by atoms with Crippen LogP contribution in [0.3, 0.4) is 0 Å². The monoisotopic (exact) mass is 236 g/mol. The number of pyridine rings is 1. The predicted octanol–water partition coefficient (Wildman–Crippen LogP) is 3.30. The van der Waals surface area contributed by atoms with Crippen LogP contribution < -0.4 is 5.32 Å². The van der Waals surface area contributed by atoms with Gasteiger partial charge in [-0.15, -0.1) is 11.6 Å². The van der Waals surface area contributed by atoms with Gasteiger partial charge in [0.15, 0.2) is 11.6 Å². The molecule has 0 aliphatic carbocycles. The summed E-state index contributed by atoms with van der Waals surface area (Å²) in [5, 5.41) is 3.18. The van der Waals surface area contributed by atoms with Gasteiger partial charge in [-0.05, 0) is 12.5 Å². The third kappa shape index (κ3) is 3.00. The topological polar surface area (TPSA) is 24.9 Å². The molecule has 0 fully saturated rings. The van der Waals surface area contributed by atoms with Gasteiger partial charge in [0.25, 0.3) is 0 Å². The van der Waals surface area contributed by atoms with Crippen LogP contribution in [0.25, 0.3) is 0 Å². The molecule has 0 aliphatic rings. The fourth-order valence-corrected chi connectivity index (χ4v) is 1.40. The molecule has 1 heterocycles. The molecular weight excluding hydrogens is 226 g/mol. The van der Waals surface area contributed by atoms with Crippen LogP contribution in [0.15, 0.2) is 12.3 Å². The Morgan fingerprint density at radius 1 is 1.64 bits per heavy atom. The average Bonchev–Trinajstić information content (AvgIpc) is 2.17. The molecule has 0 aromatic carbocycles. The lowest BCUT2D eigenvalue weighted by Gasteiger charge is -2.14. The fraction of sp³-hybridized carbons (Fsp3) is 0.444. The minimum absolute atomic E-state index is 0.0276. The summed E-state index contributed by atoms with van der Waals surface area (Å²) in [6.07, 6.45) is 2.21. The number of rotatable bonds is 4. The first-order chi connectivity index (χ1) is 6.67. The van der Waals surface area contributed by atoms with E-state index in [0.29, 0.717) is 5.88 Å². The van der Waals surface area contributed by atoms with E-state index in [2.05, 4.69) is 10.3 Å². The molecule has 0 amide bonds. The maximum Gasteiger partial charge on any atom is 0.166 e. The maximum atomic E-state index is 13.2. The standard InChI is InChI=1S/C9H11Cl2FN2/c1-2-7(4-10)14-9-8(12)3-6(11)5-13-9/h3,5,7H,2,4H2,1H3,(H,13,14). The van der Waals surface area contributed by atoms with Crippen molar-refractivity contribution in [3.05, 3.63) is 23.1 Å². The van der Waals surface area contributed by atoms with Crippen LogP contribution in [0.4, 0.5) is 10.2 Å². The zero-order chi connectivity index (χ0) is 10.6. The second-order valence-corrected chi connectivity index (χ2v) is 3.63. The van der Waals surface area contributed by atoms with Gasteiger partial charge in [-0.1, -0.05) is 18.5 Å². The molecule has 5 heteroatoms. The summed E-state index contributed by atoms with van der Waals surface area (Å²) in [7, 11) is 0. The quantitative estimate of drug-likeness (QED) is 0.812. The molecule has 0 aliphatic heterocycles. The first kappa shape index (κ1) is 11.5. The molecule has 0 radical (unpaired) electrons. The molecule has 1 N–H and O–H groups in total. The zero-order valence-electron chi connectivity index (χ0n) is 7.73. The summed E-state index contributed by atoms with van der Waals surface area (Å²) < 4.78 is 13.2. The first-order valence-corrected chi connectivity index (χ1v) is 5.22. The number of hydrogen-bond donors (Lipinski definition) is 1. The molecule has 78 valence electrons. The Kier molecular flexibility index (Phi) is 4.42. The van der Waals surface area contributed by atoms with Crippen molar-refractivity contribution in [2.75, 3.05) is 11.2 Å². The summed E-state index contributed by atoms with van der Waals surface area (Å²) in [5.74, 6) is 0.156. The molecule has 0 bridgehead atoms. The fourth-order valence-electron chi connectivity index (χ4n) is 0.964. The Hall–Kier alpha value is -0.540. The highest BCUT2D eigenvalue weighted by Gasteiger charge is 2.09. The van der Waals surface area contributed by atoms with Gasteiger partial charge in [0.2, 0.25) is 0 Å². The van der Waals surface area contributed by atoms with E-state index in [9.17, 15) is 4.39 Å². The molecule has 2 nitrogen and oxygen atoms in total. The van der Waals surface area contributed by atoms with Crippen molar-refractivity contribution in [3.8, 4) is 0 Å². The van der Waals surface area contributed by atoms with Crippen molar-refractivity contribution in [2.45, 2.75) is 19.4 Å². The van der Waals surface area contributed by atoms with Gasteiger partial charge in [0, 0.05) is 18.1 Å². The van der Waals surface area contributed by atoms with E-state index < -0.39 is 5.82 Å². The molecule has 1 atom stereocenters. The number of alkyl halides is 1. The van der Waals surface area contributed by atoms with E-state index in [0.717, 1.165) is 6.42 Å². The highest BCUT2D eigenvalue weighted by Crippen LogP contribution is 2.16. The number of anilines is 1. The van der Waals surface area contributed by atoms with Gasteiger partial charge in [0.05, 0.1) is 5.02 Å². The maximum absolute atomic E-state index is 13.2. The first-order valence-electron chi connectivity index (χ1n) is 4.31. The van der Waals surface area contributed by atoms with E-state index in [1.165, 1.54) is 12.3 Å². The van der Waals surface area contributed by atoms with Crippen LogP contribution in [0.5, 0.6) is 0 Å². The van der Waals surface area contributed by atoms with Crippen molar-refractivity contribution in [3.63, 3.8) is 0 Å². The van der Waals surface area contributed by atoms with E-state index in [-0.39, 0.29) is 16.9 Å². The molecular formula is C9H11Cl2FN2. The summed E-state index contributed by atoms with van der Waals surface area (Å²) in [6, 6.07) is 1.25. The minimum Gasteiger partial charge on any atom is -0.364 e. The Balaban J connectivity index is 2.76. The number of hydrogen-bond acceptors (Lipinski definition) is 2. The number of halogens is 3. The SMILES string of the molecule is CCC(CCl)Nc1ncc(Cl)cc1F. The van der Waals surface area contributed by atoms with Gasteiger partial charge in [-0.3, -0.25) is 0 Å². The largest absolute Gasteiger partial charge is 0.364 e. The molecule has 0 saturated heterocycles. The summed E-state index contributed by atoms with van der Waals surface area (Å²) in [4.78, 5) is 3.84. The van der Waals surface area contributed by atoms with Crippen LogP contribution in [-0.4, -0.2) is 16.9 Å². The molecule has 1 aromatic heterocycles. The second-order valence-electron chi connectivity index (χ2n) is 2.89. The lowest BCUT2D eigenvalue weighted by molar-refractivity contribution is 0.619. The van der Waals surface area contributed by atoms with Gasteiger partial charge in [0.1, 0.15) is 0 Å². The predicted molar refractivity (Wildman–Crippen MR) is 57.6 cm³/mol. The van der Waals surface area contributed by atoms with Crippen molar-refractivity contribution < 1.29 is 4.39 Å². The van der Waals surface area contributed by atoms with Crippen LogP contribution >= 0.6 is 23.2 Å². The third-order valence-electron chi connectivity index (χ3n) is 1.83. The van der Waals surface area contributed by atoms with Gasteiger partial charge in [-0.25, -0.2) is 9.37 Å². The van der Waals surface area contributed by atoms with Gasteiger partial charge in [-0.2, -0.15) is 0 Å². The second kappa shape index (κ2) is 5.37. The summed E-state index contributed by atoms with van der Waals surface area (Å²) in [5.41, 5.74) is 0. The molecule has 14 heavy (non-hydrogen) atoms. The van der Waals surface area contributed by atoms with E-state index in [4.69, 9.17) is 23.2 Å². The van der Waals surface area contributed by atoms with Crippen LogP contribution in [0, 0.1) is 5.82 Å². The van der Waals surface area contributed by atoms with Crippen molar-refractivity contribution >= 4 is 29.0 Å². The van der Waals surface area contributed by atoms with Crippen LogP contribution in [-0.2, 0) is 0 Å². The Labute approximate surface area is 92.4 Å². The highest BCUT2D eigenvalue weighted by molar-refractivity contribution is 6.30. The molecule has 1 rings (SSSR count). The molecule has 0 spiro atoms. The van der Waals surface area contributed by atoms with Crippen molar-refractivity contribution in [2.24, 2.45) is 0 Å². The normalized spacial score (nSPS) is 12.6. The third-order valence-corrected chi connectivity index (χ3v) is 2.41. The molecule has 1 aromatic rings. The molecule has 0 saturated carbocycles. The average molecular weight is 237 g/mol. The smallest absolute Gasteiger partial charge is 0.166 e. The van der Waals surface area contributed by atoms with E-state index in [1.54, 1.807) is 0 Å². The molecule has 1 unspecified atom stereocenters. The van der Waals surface area contributed by atoms with E-state index >= 15 is 0 Å². The number of aromatic nitrogens is 1. The van der Waals surface area contributed by atoms with Crippen molar-refractivity contribution in [1.29, 1.82) is 0 Å². The van der Waals surface area contributed by atoms with Crippen LogP contribution in [0.2, 0.25) is 5.02 Å². The van der Waals surface area contributed by atoms with Crippen LogP contribution in [0.1, 0.15) is 13.3 Å². The number of nitrogens with zero attached hydrogens (tertiary/aromatic N) is 1. The Morgan fingerprint density at radius 2 is 2.36 bits per heavy atom. The zero-order valence-corrected chi connectivity index (χ0v) is 9.24. The highest BCUT2D eigenvalue weighted by atomic mass is 35.5. The summed E-state index contributed by atoms with van der Waals surface area (Å²) in [6.45, 7) is 1.97. The lowest BCUT2D eigenvalue weighted by atomic mass is 10.2. The number of nitrogens with one attached hydrogen (secondary N) is 1. The lowest BCUT2D eigenvalue weighted by Crippen LogP contribution is -2.21. The van der Waals surface area contributed by atoms with Gasteiger partial charge >= 0.3 is 0 Å². The van der Waals surface area contributed by atoms with E-state index in [1.807, 2.05) is 6.92 Å². The summed E-state index contributed by atoms with van der Waals surface area (Å²) >= 11 is 11.2. The van der Waals surface area contributed by atoms with Crippen molar-refractivity contribution in [1.82, 2.24) is 4.98 Å². The Bertz CT molecular complexity index is 303. The minimum atomic E-state index is -0.457. The van der Waals surface area contributed by atoms with Gasteiger partial charge < -0.3 is 5.32 Å². The Morgan fingerprint density at radius 3 is 2.86 bits per heavy atom.